The highest BCUT2D eigenvalue weighted by atomic mass is 32.2. The summed E-state index contributed by atoms with van der Waals surface area (Å²) in [6.07, 6.45) is 5.25. The highest BCUT2D eigenvalue weighted by Gasteiger charge is 1.99. The van der Waals surface area contributed by atoms with Gasteiger partial charge in [0.05, 0.1) is 0 Å². The lowest BCUT2D eigenvalue weighted by molar-refractivity contribution is 1.17. The summed E-state index contributed by atoms with van der Waals surface area (Å²) in [6.45, 7) is 0. The van der Waals surface area contributed by atoms with E-state index in [1.807, 2.05) is 36.7 Å². The molecule has 1 heterocycles. The predicted octanol–water partition coefficient (Wildman–Crippen LogP) is 2.84. The van der Waals surface area contributed by atoms with Crippen LogP contribution in [0.4, 0.5) is 17.3 Å². The number of hydrogen-bond donors (Lipinski definition) is 2. The van der Waals surface area contributed by atoms with E-state index in [4.69, 9.17) is 5.26 Å². The second-order valence-corrected chi connectivity index (χ2v) is 4.26. The molecule has 0 atom stereocenters. The number of thioether (sulfide) groups is 1. The van der Waals surface area contributed by atoms with Crippen LogP contribution < -0.4 is 10.6 Å². The normalized spacial score (nSPS) is 9.56. The van der Waals surface area contributed by atoms with Crippen molar-refractivity contribution in [2.45, 2.75) is 4.90 Å². The number of nitriles is 1. The van der Waals surface area contributed by atoms with E-state index in [1.54, 1.807) is 17.8 Å². The Morgan fingerprint density at radius 3 is 2.56 bits per heavy atom. The second-order valence-electron chi connectivity index (χ2n) is 3.38. The molecule has 90 valence electrons. The maximum Gasteiger partial charge on any atom is 0.182 e. The molecule has 0 spiro atoms. The van der Waals surface area contributed by atoms with Gasteiger partial charge in [-0.2, -0.15) is 5.26 Å². The smallest absolute Gasteiger partial charge is 0.182 e. The van der Waals surface area contributed by atoms with E-state index in [-0.39, 0.29) is 0 Å². The zero-order valence-corrected chi connectivity index (χ0v) is 10.5. The van der Waals surface area contributed by atoms with Crippen LogP contribution in [0.1, 0.15) is 0 Å². The van der Waals surface area contributed by atoms with Crippen LogP contribution in [0.25, 0.3) is 0 Å². The van der Waals surface area contributed by atoms with Crippen molar-refractivity contribution in [3.63, 3.8) is 0 Å². The van der Waals surface area contributed by atoms with Crippen molar-refractivity contribution in [3.8, 4) is 6.19 Å². The molecule has 0 bridgehead atoms. The van der Waals surface area contributed by atoms with Crippen LogP contribution in [-0.2, 0) is 0 Å². The van der Waals surface area contributed by atoms with Crippen LogP contribution in [0.5, 0.6) is 0 Å². The lowest BCUT2D eigenvalue weighted by atomic mass is 10.3. The molecule has 0 aliphatic carbocycles. The first-order valence-corrected chi connectivity index (χ1v) is 6.42. The van der Waals surface area contributed by atoms with E-state index < -0.39 is 0 Å². The first kappa shape index (κ1) is 12.2. The quantitative estimate of drug-likeness (QED) is 0.498. The predicted molar refractivity (Wildman–Crippen MR) is 72.8 cm³/mol. The topological polar surface area (TPSA) is 73.6 Å². The average Bonchev–Trinajstić information content (AvgIpc) is 2.40. The van der Waals surface area contributed by atoms with Gasteiger partial charge in [-0.3, -0.25) is 5.32 Å². The summed E-state index contributed by atoms with van der Waals surface area (Å²) in [5.74, 6) is 1.11. The Morgan fingerprint density at radius 1 is 1.17 bits per heavy atom. The third-order valence-electron chi connectivity index (χ3n) is 2.21. The van der Waals surface area contributed by atoms with E-state index in [0.29, 0.717) is 11.6 Å². The minimum Gasteiger partial charge on any atom is -0.340 e. The van der Waals surface area contributed by atoms with E-state index in [9.17, 15) is 0 Å². The summed E-state index contributed by atoms with van der Waals surface area (Å²) in [6, 6.07) is 9.69. The Morgan fingerprint density at radius 2 is 1.89 bits per heavy atom. The number of hydrogen-bond acceptors (Lipinski definition) is 6. The van der Waals surface area contributed by atoms with Crippen LogP contribution >= 0.6 is 11.8 Å². The standard InChI is InChI=1S/C12H11N5S/c1-18-10-4-2-9(3-5-10)17-12-6-11(14-7-13)15-8-16-12/h2-6,8H,1H3,(H2,14,15,16,17). The molecule has 0 unspecified atom stereocenters. The van der Waals surface area contributed by atoms with Gasteiger partial charge in [0.1, 0.15) is 18.0 Å². The molecule has 1 aromatic carbocycles. The monoisotopic (exact) mass is 257 g/mol. The molecule has 5 nitrogen and oxygen atoms in total. The zero-order chi connectivity index (χ0) is 12.8. The van der Waals surface area contributed by atoms with Gasteiger partial charge in [-0.15, -0.1) is 11.8 Å². The van der Waals surface area contributed by atoms with Gasteiger partial charge in [0.25, 0.3) is 0 Å². The van der Waals surface area contributed by atoms with Crippen LogP contribution in [0.3, 0.4) is 0 Å². The maximum absolute atomic E-state index is 8.51. The fourth-order valence-electron chi connectivity index (χ4n) is 1.37. The lowest BCUT2D eigenvalue weighted by Gasteiger charge is -2.06. The van der Waals surface area contributed by atoms with E-state index in [2.05, 4.69) is 20.6 Å². The van der Waals surface area contributed by atoms with Crippen molar-refractivity contribution in [2.24, 2.45) is 0 Å². The Balaban J connectivity index is 2.12. The Hall–Kier alpha value is -2.26. The maximum atomic E-state index is 8.51. The van der Waals surface area contributed by atoms with Crippen molar-refractivity contribution in [1.29, 1.82) is 5.26 Å². The van der Waals surface area contributed by atoms with Crippen LogP contribution in [0.2, 0.25) is 0 Å². The number of nitrogens with zero attached hydrogens (tertiary/aromatic N) is 3. The van der Waals surface area contributed by atoms with E-state index in [1.165, 1.54) is 11.2 Å². The minimum absolute atomic E-state index is 0.468. The van der Waals surface area contributed by atoms with E-state index in [0.717, 1.165) is 5.69 Å². The van der Waals surface area contributed by atoms with Gasteiger partial charge in [0.15, 0.2) is 6.19 Å². The molecule has 0 saturated carbocycles. The van der Waals surface area contributed by atoms with Crippen molar-refractivity contribution < 1.29 is 0 Å². The summed E-state index contributed by atoms with van der Waals surface area (Å²) in [7, 11) is 0. The number of benzene rings is 1. The summed E-state index contributed by atoms with van der Waals surface area (Å²) in [4.78, 5) is 9.20. The molecule has 18 heavy (non-hydrogen) atoms. The van der Waals surface area contributed by atoms with Gasteiger partial charge in [-0.1, -0.05) is 0 Å². The third kappa shape index (κ3) is 3.12. The average molecular weight is 257 g/mol. The highest BCUT2D eigenvalue weighted by molar-refractivity contribution is 7.98. The first-order valence-electron chi connectivity index (χ1n) is 5.20. The summed E-state index contributed by atoms with van der Waals surface area (Å²) < 4.78 is 0. The molecular formula is C12H11N5S. The molecule has 0 aliphatic heterocycles. The van der Waals surface area contributed by atoms with Crippen molar-refractivity contribution in [3.05, 3.63) is 36.7 Å². The molecule has 1 aromatic heterocycles. The van der Waals surface area contributed by atoms with Crippen LogP contribution in [0.15, 0.2) is 41.6 Å². The van der Waals surface area contributed by atoms with Crippen LogP contribution in [0, 0.1) is 11.5 Å². The van der Waals surface area contributed by atoms with Crippen molar-refractivity contribution in [1.82, 2.24) is 9.97 Å². The SMILES string of the molecule is CSc1ccc(Nc2cc(NC#N)ncn2)cc1. The zero-order valence-electron chi connectivity index (χ0n) is 9.71. The number of rotatable bonds is 4. The first-order chi connectivity index (χ1) is 8.81. The molecular weight excluding hydrogens is 246 g/mol. The second kappa shape index (κ2) is 5.89. The molecule has 0 saturated heterocycles. The Kier molecular flexibility index (Phi) is 3.99. The summed E-state index contributed by atoms with van der Waals surface area (Å²) in [5.41, 5.74) is 0.939. The minimum atomic E-state index is 0.468. The Labute approximate surface area is 109 Å². The molecule has 2 N–H and O–H groups in total. The lowest BCUT2D eigenvalue weighted by Crippen LogP contribution is -1.97. The van der Waals surface area contributed by atoms with Gasteiger partial charge >= 0.3 is 0 Å². The summed E-state index contributed by atoms with van der Waals surface area (Å²) in [5, 5.41) is 14.1. The fraction of sp³-hybridized carbons (Fsp3) is 0.0833. The highest BCUT2D eigenvalue weighted by Crippen LogP contribution is 2.20. The summed E-state index contributed by atoms with van der Waals surface area (Å²) >= 11 is 1.69. The number of anilines is 3. The van der Waals surface area contributed by atoms with Crippen molar-refractivity contribution >= 4 is 29.1 Å². The van der Waals surface area contributed by atoms with Gasteiger partial charge in [-0.25, -0.2) is 9.97 Å². The molecule has 2 aromatic rings. The largest absolute Gasteiger partial charge is 0.340 e. The number of nitrogens with one attached hydrogen (secondary N) is 2. The van der Waals surface area contributed by atoms with Crippen molar-refractivity contribution in [2.75, 3.05) is 16.9 Å². The number of aromatic nitrogens is 2. The molecule has 0 amide bonds. The Bertz CT molecular complexity index is 561. The van der Waals surface area contributed by atoms with Gasteiger partial charge in [-0.05, 0) is 30.5 Å². The third-order valence-corrected chi connectivity index (χ3v) is 2.96. The van der Waals surface area contributed by atoms with E-state index >= 15 is 0 Å². The molecule has 0 aliphatic rings. The van der Waals surface area contributed by atoms with Gasteiger partial charge < -0.3 is 5.32 Å². The molecule has 0 radical (unpaired) electrons. The van der Waals surface area contributed by atoms with Gasteiger partial charge in [0, 0.05) is 16.6 Å². The van der Waals surface area contributed by atoms with Crippen LogP contribution in [-0.4, -0.2) is 16.2 Å². The molecule has 6 heteroatoms. The fourth-order valence-corrected chi connectivity index (χ4v) is 1.78. The molecule has 2 rings (SSSR count). The molecule has 0 fully saturated rings. The van der Waals surface area contributed by atoms with Gasteiger partial charge in [0.2, 0.25) is 0 Å².